The number of aromatic hydroxyl groups is 1. The van der Waals surface area contributed by atoms with E-state index in [2.05, 4.69) is 15.9 Å². The number of rotatable bonds is 1. The number of anilines is 1. The summed E-state index contributed by atoms with van der Waals surface area (Å²) in [5, 5.41) is 9.16. The van der Waals surface area contributed by atoms with Crippen molar-refractivity contribution < 1.29 is 5.11 Å². The van der Waals surface area contributed by atoms with Crippen LogP contribution in [0.25, 0.3) is 11.3 Å². The Kier molecular flexibility index (Phi) is 2.44. The van der Waals surface area contributed by atoms with Crippen molar-refractivity contribution in [2.75, 3.05) is 5.73 Å². The number of aromatic nitrogens is 2. The van der Waals surface area contributed by atoms with Gasteiger partial charge in [-0.05, 0) is 30.2 Å². The maximum Gasteiger partial charge on any atom is 0.158 e. The average Bonchev–Trinajstić information content (AvgIpc) is 2.31. The van der Waals surface area contributed by atoms with Crippen LogP contribution in [0.15, 0.2) is 30.5 Å². The summed E-state index contributed by atoms with van der Waals surface area (Å²) in [6.45, 7) is 0. The van der Waals surface area contributed by atoms with E-state index in [4.69, 9.17) is 17.3 Å². The molecule has 4 heteroatoms. The molecule has 0 radical (unpaired) electrons. The van der Waals surface area contributed by atoms with Crippen molar-refractivity contribution in [1.29, 1.82) is 0 Å². The lowest BCUT2D eigenvalue weighted by Crippen LogP contribution is -1.98. The minimum atomic E-state index is 0.198. The minimum Gasteiger partial charge on any atom is -0.508 e. The molecule has 78 valence electrons. The summed E-state index contributed by atoms with van der Waals surface area (Å²) in [6, 6.07) is 6.61. The van der Waals surface area contributed by atoms with Gasteiger partial charge in [0.05, 0.1) is 11.9 Å². The Hall–Kier alpha value is -2.54. The average molecular weight is 211 g/mol. The highest BCUT2D eigenvalue weighted by atomic mass is 16.3. The third kappa shape index (κ3) is 1.79. The Labute approximate surface area is 92.8 Å². The predicted octanol–water partition coefficient (Wildman–Crippen LogP) is 1.41. The van der Waals surface area contributed by atoms with Crippen LogP contribution in [-0.2, 0) is 0 Å². The number of benzene rings is 1. The summed E-state index contributed by atoms with van der Waals surface area (Å²) in [5.41, 5.74) is 7.32. The van der Waals surface area contributed by atoms with Gasteiger partial charge in [-0.25, -0.2) is 9.97 Å². The first kappa shape index (κ1) is 9.99. The van der Waals surface area contributed by atoms with Gasteiger partial charge >= 0.3 is 0 Å². The minimum absolute atomic E-state index is 0.198. The van der Waals surface area contributed by atoms with Gasteiger partial charge in [-0.15, -0.1) is 6.42 Å². The second kappa shape index (κ2) is 3.91. The molecule has 3 N–H and O–H groups in total. The molecular formula is C12H9N3O. The van der Waals surface area contributed by atoms with Crippen molar-refractivity contribution in [2.24, 2.45) is 0 Å². The maximum atomic E-state index is 9.16. The van der Waals surface area contributed by atoms with Crippen LogP contribution in [0.2, 0.25) is 0 Å². The van der Waals surface area contributed by atoms with Crippen LogP contribution in [0, 0.1) is 12.3 Å². The monoisotopic (exact) mass is 211 g/mol. The van der Waals surface area contributed by atoms with E-state index >= 15 is 0 Å². The second-order valence-electron chi connectivity index (χ2n) is 3.18. The van der Waals surface area contributed by atoms with Gasteiger partial charge in [0.1, 0.15) is 5.75 Å². The smallest absolute Gasteiger partial charge is 0.158 e. The van der Waals surface area contributed by atoms with Crippen molar-refractivity contribution in [1.82, 2.24) is 9.97 Å². The van der Waals surface area contributed by atoms with Crippen LogP contribution in [0.3, 0.4) is 0 Å². The molecule has 0 spiro atoms. The highest BCUT2D eigenvalue weighted by molar-refractivity contribution is 5.61. The van der Waals surface area contributed by atoms with Crippen molar-refractivity contribution in [3.63, 3.8) is 0 Å². The number of hydrogen-bond acceptors (Lipinski definition) is 4. The number of nitrogens with zero attached hydrogens (tertiary/aromatic N) is 2. The molecule has 0 atom stereocenters. The van der Waals surface area contributed by atoms with Crippen molar-refractivity contribution in [3.05, 3.63) is 36.2 Å². The summed E-state index contributed by atoms with van der Waals surface area (Å²) >= 11 is 0. The van der Waals surface area contributed by atoms with E-state index in [-0.39, 0.29) is 11.6 Å². The Morgan fingerprint density at radius 1 is 1.25 bits per heavy atom. The van der Waals surface area contributed by atoms with Crippen LogP contribution in [0.5, 0.6) is 5.75 Å². The Morgan fingerprint density at radius 3 is 2.56 bits per heavy atom. The first-order valence-electron chi connectivity index (χ1n) is 4.59. The molecule has 4 nitrogen and oxygen atoms in total. The number of hydrogen-bond donors (Lipinski definition) is 2. The molecule has 1 aromatic carbocycles. The highest BCUT2D eigenvalue weighted by Crippen LogP contribution is 2.20. The van der Waals surface area contributed by atoms with Crippen LogP contribution in [-0.4, -0.2) is 15.1 Å². The van der Waals surface area contributed by atoms with E-state index in [1.165, 1.54) is 0 Å². The molecule has 1 aromatic heterocycles. The zero-order valence-corrected chi connectivity index (χ0v) is 8.38. The lowest BCUT2D eigenvalue weighted by molar-refractivity contribution is 0.475. The van der Waals surface area contributed by atoms with Gasteiger partial charge in [0, 0.05) is 5.56 Å². The van der Waals surface area contributed by atoms with Gasteiger partial charge in [0.15, 0.2) is 11.5 Å². The van der Waals surface area contributed by atoms with Gasteiger partial charge < -0.3 is 10.8 Å². The van der Waals surface area contributed by atoms with Crippen molar-refractivity contribution in [3.8, 4) is 29.4 Å². The standard InChI is InChI=1S/C12H9N3O/c1-2-10-12(13)14-7-11(15-10)8-3-5-9(16)6-4-8/h1,3-7,16H,(H2,13,14). The quantitative estimate of drug-likeness (QED) is 0.699. The topological polar surface area (TPSA) is 72.0 Å². The molecule has 0 saturated heterocycles. The van der Waals surface area contributed by atoms with E-state index < -0.39 is 0 Å². The second-order valence-corrected chi connectivity index (χ2v) is 3.18. The van der Waals surface area contributed by atoms with Gasteiger partial charge in [-0.3, -0.25) is 0 Å². The summed E-state index contributed by atoms with van der Waals surface area (Å²) in [7, 11) is 0. The maximum absolute atomic E-state index is 9.16. The lowest BCUT2D eigenvalue weighted by Gasteiger charge is -2.02. The number of nitrogens with two attached hydrogens (primary N) is 1. The fourth-order valence-corrected chi connectivity index (χ4v) is 1.28. The molecule has 0 aliphatic heterocycles. The molecule has 0 unspecified atom stereocenters. The highest BCUT2D eigenvalue weighted by Gasteiger charge is 2.04. The van der Waals surface area contributed by atoms with E-state index in [0.717, 1.165) is 5.56 Å². The van der Waals surface area contributed by atoms with Gasteiger partial charge in [0.2, 0.25) is 0 Å². The summed E-state index contributed by atoms with van der Waals surface area (Å²) in [4.78, 5) is 8.14. The summed E-state index contributed by atoms with van der Waals surface area (Å²) in [5.74, 6) is 2.81. The zero-order valence-electron chi connectivity index (χ0n) is 8.38. The number of phenols is 1. The number of terminal acetylenes is 1. The molecular weight excluding hydrogens is 202 g/mol. The van der Waals surface area contributed by atoms with E-state index in [1.807, 2.05) is 0 Å². The lowest BCUT2D eigenvalue weighted by atomic mass is 10.1. The molecule has 0 amide bonds. The third-order valence-corrected chi connectivity index (χ3v) is 2.10. The van der Waals surface area contributed by atoms with Crippen LogP contribution in [0.1, 0.15) is 5.69 Å². The Morgan fingerprint density at radius 2 is 1.94 bits per heavy atom. The van der Waals surface area contributed by atoms with Crippen LogP contribution in [0.4, 0.5) is 5.82 Å². The van der Waals surface area contributed by atoms with E-state index in [0.29, 0.717) is 11.4 Å². The SMILES string of the molecule is C#Cc1nc(-c2ccc(O)cc2)cnc1N. The van der Waals surface area contributed by atoms with E-state index in [1.54, 1.807) is 30.5 Å². The summed E-state index contributed by atoms with van der Waals surface area (Å²) in [6.07, 6.45) is 6.79. The zero-order chi connectivity index (χ0) is 11.5. The van der Waals surface area contributed by atoms with Gasteiger partial charge in [-0.1, -0.05) is 0 Å². The predicted molar refractivity (Wildman–Crippen MR) is 61.5 cm³/mol. The van der Waals surface area contributed by atoms with E-state index in [9.17, 15) is 0 Å². The fraction of sp³-hybridized carbons (Fsp3) is 0. The molecule has 1 heterocycles. The van der Waals surface area contributed by atoms with Crippen LogP contribution >= 0.6 is 0 Å². The molecule has 0 bridgehead atoms. The molecule has 2 aromatic rings. The van der Waals surface area contributed by atoms with Crippen molar-refractivity contribution >= 4 is 5.82 Å². The number of nitrogen functional groups attached to an aromatic ring is 1. The fourth-order valence-electron chi connectivity index (χ4n) is 1.28. The molecule has 0 saturated carbocycles. The largest absolute Gasteiger partial charge is 0.508 e. The molecule has 2 rings (SSSR count). The molecule has 16 heavy (non-hydrogen) atoms. The first-order valence-corrected chi connectivity index (χ1v) is 4.59. The summed E-state index contributed by atoms with van der Waals surface area (Å²) < 4.78 is 0. The van der Waals surface area contributed by atoms with Gasteiger partial charge in [0.25, 0.3) is 0 Å². The Balaban J connectivity index is 2.49. The van der Waals surface area contributed by atoms with Crippen LogP contribution < -0.4 is 5.73 Å². The number of phenolic OH excluding ortho intramolecular Hbond substituents is 1. The third-order valence-electron chi connectivity index (χ3n) is 2.10. The Bertz CT molecular complexity index is 555. The first-order chi connectivity index (χ1) is 7.70. The van der Waals surface area contributed by atoms with Gasteiger partial charge in [-0.2, -0.15) is 0 Å². The molecule has 0 aliphatic rings. The van der Waals surface area contributed by atoms with Crippen molar-refractivity contribution in [2.45, 2.75) is 0 Å². The molecule has 0 fully saturated rings. The normalized spacial score (nSPS) is 9.69. The molecule has 0 aliphatic carbocycles.